The first-order valence-electron chi connectivity index (χ1n) is 6.24. The van der Waals surface area contributed by atoms with Gasteiger partial charge in [-0.25, -0.2) is 4.39 Å². The number of nitrogen functional groups attached to an aromatic ring is 1. The number of halogens is 2. The smallest absolute Gasteiger partial charge is 0.247 e. The van der Waals surface area contributed by atoms with Crippen LogP contribution < -0.4 is 5.73 Å². The molecule has 21 heavy (non-hydrogen) atoms. The van der Waals surface area contributed by atoms with Crippen LogP contribution in [0, 0.1) is 5.82 Å². The maximum absolute atomic E-state index is 13.7. The van der Waals surface area contributed by atoms with E-state index in [1.807, 2.05) is 0 Å². The van der Waals surface area contributed by atoms with E-state index in [-0.39, 0.29) is 6.42 Å². The highest BCUT2D eigenvalue weighted by Gasteiger charge is 2.13. The van der Waals surface area contributed by atoms with Gasteiger partial charge in [-0.05, 0) is 36.4 Å². The van der Waals surface area contributed by atoms with E-state index in [2.05, 4.69) is 10.2 Å². The minimum absolute atomic E-state index is 0.146. The molecule has 3 rings (SSSR count). The number of hydrogen-bond acceptors (Lipinski definition) is 4. The summed E-state index contributed by atoms with van der Waals surface area (Å²) in [5, 5.41) is 8.20. The molecule has 0 bridgehead atoms. The van der Waals surface area contributed by atoms with Gasteiger partial charge in [0.2, 0.25) is 11.8 Å². The van der Waals surface area contributed by atoms with Gasteiger partial charge in [0.1, 0.15) is 5.82 Å². The second-order valence-electron chi connectivity index (χ2n) is 4.50. The number of anilines is 1. The Morgan fingerprint density at radius 2 is 1.86 bits per heavy atom. The summed E-state index contributed by atoms with van der Waals surface area (Å²) in [5.41, 5.74) is 7.36. The van der Waals surface area contributed by atoms with Gasteiger partial charge in [0.05, 0.1) is 6.42 Å². The molecule has 106 valence electrons. The molecular formula is C15H11ClFN3O. The summed E-state index contributed by atoms with van der Waals surface area (Å²) in [6.07, 6.45) is 0.146. The lowest BCUT2D eigenvalue weighted by Crippen LogP contribution is -1.94. The molecule has 0 aliphatic rings. The molecule has 0 saturated heterocycles. The average molecular weight is 304 g/mol. The molecule has 0 fully saturated rings. The van der Waals surface area contributed by atoms with Crippen LogP contribution in [0.4, 0.5) is 10.1 Å². The van der Waals surface area contributed by atoms with Crippen LogP contribution in [0.3, 0.4) is 0 Å². The van der Waals surface area contributed by atoms with E-state index in [1.54, 1.807) is 36.4 Å². The second-order valence-corrected chi connectivity index (χ2v) is 4.91. The highest BCUT2D eigenvalue weighted by Crippen LogP contribution is 2.24. The number of hydrogen-bond donors (Lipinski definition) is 1. The van der Waals surface area contributed by atoms with Crippen molar-refractivity contribution in [2.24, 2.45) is 0 Å². The molecule has 0 atom stereocenters. The van der Waals surface area contributed by atoms with E-state index in [0.29, 0.717) is 28.1 Å². The Morgan fingerprint density at radius 1 is 1.10 bits per heavy atom. The van der Waals surface area contributed by atoms with Crippen molar-refractivity contribution in [1.29, 1.82) is 0 Å². The van der Waals surface area contributed by atoms with Crippen molar-refractivity contribution >= 4 is 17.3 Å². The van der Waals surface area contributed by atoms with Crippen LogP contribution in [0.2, 0.25) is 5.02 Å². The Hall–Kier alpha value is -2.40. The van der Waals surface area contributed by atoms with Crippen LogP contribution >= 0.6 is 11.6 Å². The van der Waals surface area contributed by atoms with Crippen LogP contribution in [-0.4, -0.2) is 10.2 Å². The first-order valence-corrected chi connectivity index (χ1v) is 6.62. The molecule has 0 spiro atoms. The minimum Gasteiger partial charge on any atom is -0.420 e. The number of benzene rings is 2. The predicted octanol–water partition coefficient (Wildman–Crippen LogP) is 3.70. The lowest BCUT2D eigenvalue weighted by molar-refractivity contribution is 0.511. The van der Waals surface area contributed by atoms with E-state index in [1.165, 1.54) is 6.07 Å². The van der Waals surface area contributed by atoms with E-state index in [0.717, 1.165) is 5.56 Å². The number of nitrogens with zero attached hydrogens (tertiary/aromatic N) is 2. The average Bonchev–Trinajstić information content (AvgIpc) is 2.92. The van der Waals surface area contributed by atoms with Crippen molar-refractivity contribution in [1.82, 2.24) is 10.2 Å². The van der Waals surface area contributed by atoms with Crippen LogP contribution in [-0.2, 0) is 6.42 Å². The van der Waals surface area contributed by atoms with Gasteiger partial charge < -0.3 is 10.2 Å². The summed E-state index contributed by atoms with van der Waals surface area (Å²) in [7, 11) is 0. The van der Waals surface area contributed by atoms with Gasteiger partial charge >= 0.3 is 0 Å². The molecule has 0 amide bonds. The molecule has 0 unspecified atom stereocenters. The normalized spacial score (nSPS) is 10.8. The zero-order chi connectivity index (χ0) is 14.8. The summed E-state index contributed by atoms with van der Waals surface area (Å²) < 4.78 is 19.3. The third-order valence-electron chi connectivity index (χ3n) is 3.01. The van der Waals surface area contributed by atoms with E-state index >= 15 is 0 Å². The fourth-order valence-corrected chi connectivity index (χ4v) is 2.15. The number of nitrogens with two attached hydrogens (primary N) is 1. The molecule has 1 aromatic heterocycles. The molecule has 1 heterocycles. The molecule has 0 radical (unpaired) electrons. The van der Waals surface area contributed by atoms with Crippen LogP contribution in [0.1, 0.15) is 11.5 Å². The SMILES string of the molecule is Nc1ccc(-c2nnc(Cc3c(F)cccc3Cl)o2)cc1. The molecule has 0 saturated carbocycles. The van der Waals surface area contributed by atoms with Crippen molar-refractivity contribution in [3.63, 3.8) is 0 Å². The van der Waals surface area contributed by atoms with Crippen molar-refractivity contribution in [3.05, 3.63) is 64.8 Å². The first-order chi connectivity index (χ1) is 10.1. The number of aromatic nitrogens is 2. The Labute approximate surface area is 125 Å². The maximum Gasteiger partial charge on any atom is 0.247 e. The largest absolute Gasteiger partial charge is 0.420 e. The zero-order valence-corrected chi connectivity index (χ0v) is 11.6. The summed E-state index contributed by atoms with van der Waals surface area (Å²) in [5.74, 6) is 0.265. The Balaban J connectivity index is 1.87. The van der Waals surface area contributed by atoms with Gasteiger partial charge in [-0.3, -0.25) is 0 Å². The van der Waals surface area contributed by atoms with Crippen LogP contribution in [0.15, 0.2) is 46.9 Å². The Morgan fingerprint density at radius 3 is 2.57 bits per heavy atom. The minimum atomic E-state index is -0.394. The second kappa shape index (κ2) is 5.54. The molecular weight excluding hydrogens is 293 g/mol. The third kappa shape index (κ3) is 2.87. The fourth-order valence-electron chi connectivity index (χ4n) is 1.92. The van der Waals surface area contributed by atoms with E-state index in [9.17, 15) is 4.39 Å². The van der Waals surface area contributed by atoms with Crippen molar-refractivity contribution in [2.45, 2.75) is 6.42 Å². The van der Waals surface area contributed by atoms with Gasteiger partial charge in [-0.15, -0.1) is 10.2 Å². The zero-order valence-electron chi connectivity index (χ0n) is 10.9. The van der Waals surface area contributed by atoms with Crippen molar-refractivity contribution in [3.8, 4) is 11.5 Å². The summed E-state index contributed by atoms with van der Waals surface area (Å²) in [4.78, 5) is 0. The summed E-state index contributed by atoms with van der Waals surface area (Å²) >= 11 is 5.98. The lowest BCUT2D eigenvalue weighted by Gasteiger charge is -2.02. The fraction of sp³-hybridized carbons (Fsp3) is 0.0667. The standard InChI is InChI=1S/C15H11ClFN3O/c16-12-2-1-3-13(17)11(12)8-14-19-20-15(21-14)9-4-6-10(18)7-5-9/h1-7H,8,18H2. The molecule has 0 aliphatic heterocycles. The monoisotopic (exact) mass is 303 g/mol. The van der Waals surface area contributed by atoms with Crippen molar-refractivity contribution in [2.75, 3.05) is 5.73 Å². The van der Waals surface area contributed by atoms with Gasteiger partial charge in [0.25, 0.3) is 0 Å². The maximum atomic E-state index is 13.7. The highest BCUT2D eigenvalue weighted by molar-refractivity contribution is 6.31. The Kier molecular flexibility index (Phi) is 3.58. The molecule has 2 N–H and O–H groups in total. The summed E-state index contributed by atoms with van der Waals surface area (Å²) in [6.45, 7) is 0. The third-order valence-corrected chi connectivity index (χ3v) is 3.37. The topological polar surface area (TPSA) is 64.9 Å². The summed E-state index contributed by atoms with van der Waals surface area (Å²) in [6, 6.07) is 11.6. The van der Waals surface area contributed by atoms with Gasteiger partial charge in [0, 0.05) is 21.8 Å². The highest BCUT2D eigenvalue weighted by atomic mass is 35.5. The van der Waals surface area contributed by atoms with Gasteiger partial charge in [0.15, 0.2) is 0 Å². The van der Waals surface area contributed by atoms with Gasteiger partial charge in [-0.1, -0.05) is 17.7 Å². The quantitative estimate of drug-likeness (QED) is 0.749. The van der Waals surface area contributed by atoms with Crippen LogP contribution in [0.5, 0.6) is 0 Å². The molecule has 2 aromatic carbocycles. The molecule has 0 aliphatic carbocycles. The first kappa shape index (κ1) is 13.6. The predicted molar refractivity (Wildman–Crippen MR) is 78.4 cm³/mol. The molecule has 6 heteroatoms. The molecule has 4 nitrogen and oxygen atoms in total. The van der Waals surface area contributed by atoms with E-state index < -0.39 is 5.82 Å². The van der Waals surface area contributed by atoms with Crippen LogP contribution in [0.25, 0.3) is 11.5 Å². The number of rotatable bonds is 3. The van der Waals surface area contributed by atoms with E-state index in [4.69, 9.17) is 21.8 Å². The van der Waals surface area contributed by atoms with Gasteiger partial charge in [-0.2, -0.15) is 0 Å². The lowest BCUT2D eigenvalue weighted by atomic mass is 10.1. The Bertz CT molecular complexity index is 751. The molecule has 3 aromatic rings. The van der Waals surface area contributed by atoms with Crippen molar-refractivity contribution < 1.29 is 8.81 Å².